The molecule has 5 heteroatoms. The van der Waals surface area contributed by atoms with Crippen molar-refractivity contribution in [3.8, 4) is 5.75 Å². The molecule has 3 N–H and O–H groups in total. The van der Waals surface area contributed by atoms with Gasteiger partial charge in [0.2, 0.25) is 0 Å². The molecule has 1 atom stereocenters. The minimum Gasteiger partial charge on any atom is -0.496 e. The van der Waals surface area contributed by atoms with Crippen LogP contribution in [-0.4, -0.2) is 7.11 Å². The Morgan fingerprint density at radius 1 is 1.25 bits per heavy atom. The average Bonchev–Trinajstić information content (AvgIpc) is 2.44. The molecule has 0 aromatic heterocycles. The smallest absolute Gasteiger partial charge is 0.124 e. The second-order valence-electron chi connectivity index (χ2n) is 4.46. The van der Waals surface area contributed by atoms with E-state index in [2.05, 4.69) is 21.4 Å². The molecular weight excluding hydrogens is 323 g/mol. The first-order chi connectivity index (χ1) is 9.58. The quantitative estimate of drug-likeness (QED) is 0.663. The lowest BCUT2D eigenvalue weighted by Crippen LogP contribution is -2.29. The summed E-state index contributed by atoms with van der Waals surface area (Å²) in [5.74, 6) is 5.94. The van der Waals surface area contributed by atoms with Crippen molar-refractivity contribution in [2.24, 2.45) is 5.84 Å². The number of halogens is 2. The van der Waals surface area contributed by atoms with Crippen molar-refractivity contribution in [2.45, 2.75) is 13.0 Å². The van der Waals surface area contributed by atoms with Gasteiger partial charge in [-0.05, 0) is 36.2 Å². The van der Waals surface area contributed by atoms with Gasteiger partial charge in [-0.15, -0.1) is 0 Å². The first-order valence-corrected chi connectivity index (χ1v) is 6.92. The van der Waals surface area contributed by atoms with Crippen LogP contribution in [0.5, 0.6) is 5.75 Å². The van der Waals surface area contributed by atoms with Gasteiger partial charge in [-0.3, -0.25) is 5.84 Å². The van der Waals surface area contributed by atoms with Crippen molar-refractivity contribution in [1.82, 2.24) is 5.43 Å². The third-order valence-corrected chi connectivity index (χ3v) is 4.29. The summed E-state index contributed by atoms with van der Waals surface area (Å²) < 4.78 is 19.8. The molecule has 0 aliphatic rings. The number of nitrogens with one attached hydrogen (secondary N) is 1. The van der Waals surface area contributed by atoms with Crippen LogP contribution in [0.25, 0.3) is 0 Å². The normalized spacial score (nSPS) is 12.2. The van der Waals surface area contributed by atoms with Gasteiger partial charge >= 0.3 is 0 Å². The number of aryl methyl sites for hydroxylation is 1. The molecule has 3 nitrogen and oxygen atoms in total. The topological polar surface area (TPSA) is 47.3 Å². The molecule has 0 spiro atoms. The number of hydrogen-bond donors (Lipinski definition) is 2. The average molecular weight is 339 g/mol. The Morgan fingerprint density at radius 3 is 2.65 bits per heavy atom. The van der Waals surface area contributed by atoms with E-state index in [0.717, 1.165) is 15.6 Å². The summed E-state index contributed by atoms with van der Waals surface area (Å²) in [6.07, 6.45) is 0. The molecule has 106 valence electrons. The van der Waals surface area contributed by atoms with Gasteiger partial charge in [0.15, 0.2) is 0 Å². The van der Waals surface area contributed by atoms with Gasteiger partial charge < -0.3 is 4.74 Å². The highest BCUT2D eigenvalue weighted by molar-refractivity contribution is 9.10. The summed E-state index contributed by atoms with van der Waals surface area (Å²) >= 11 is 3.55. The Balaban J connectivity index is 2.58. The number of hydrogen-bond acceptors (Lipinski definition) is 3. The molecule has 0 aliphatic carbocycles. The zero-order chi connectivity index (χ0) is 14.7. The maximum absolute atomic E-state index is 13.5. The van der Waals surface area contributed by atoms with E-state index in [9.17, 15) is 4.39 Å². The van der Waals surface area contributed by atoms with Crippen LogP contribution in [0.15, 0.2) is 40.9 Å². The van der Waals surface area contributed by atoms with Crippen LogP contribution in [-0.2, 0) is 0 Å². The molecule has 0 amide bonds. The van der Waals surface area contributed by atoms with Crippen LogP contribution in [0, 0.1) is 12.7 Å². The van der Waals surface area contributed by atoms with Gasteiger partial charge in [0.05, 0.1) is 13.2 Å². The highest BCUT2D eigenvalue weighted by Crippen LogP contribution is 2.34. The molecule has 0 saturated carbocycles. The van der Waals surface area contributed by atoms with E-state index in [0.29, 0.717) is 11.3 Å². The van der Waals surface area contributed by atoms with Crippen molar-refractivity contribution < 1.29 is 9.13 Å². The summed E-state index contributed by atoms with van der Waals surface area (Å²) in [5, 5.41) is 0. The second-order valence-corrected chi connectivity index (χ2v) is 5.26. The lowest BCUT2D eigenvalue weighted by molar-refractivity contribution is 0.402. The van der Waals surface area contributed by atoms with Crippen molar-refractivity contribution in [3.63, 3.8) is 0 Å². The van der Waals surface area contributed by atoms with Gasteiger partial charge in [-0.1, -0.05) is 34.1 Å². The number of hydrazine groups is 1. The molecule has 0 radical (unpaired) electrons. The van der Waals surface area contributed by atoms with Gasteiger partial charge in [0.1, 0.15) is 11.6 Å². The highest BCUT2D eigenvalue weighted by Gasteiger charge is 2.20. The fraction of sp³-hybridized carbons (Fsp3) is 0.200. The lowest BCUT2D eigenvalue weighted by atomic mass is 9.97. The zero-order valence-corrected chi connectivity index (χ0v) is 12.9. The number of rotatable bonds is 4. The molecule has 1 unspecified atom stereocenters. The third kappa shape index (κ3) is 2.85. The fourth-order valence-electron chi connectivity index (χ4n) is 2.17. The third-order valence-electron chi connectivity index (χ3n) is 3.20. The molecule has 0 fully saturated rings. The maximum atomic E-state index is 13.5. The first-order valence-electron chi connectivity index (χ1n) is 6.13. The van der Waals surface area contributed by atoms with Crippen LogP contribution in [0.3, 0.4) is 0 Å². The van der Waals surface area contributed by atoms with Gasteiger partial charge in [0.25, 0.3) is 0 Å². The summed E-state index contributed by atoms with van der Waals surface area (Å²) in [6, 6.07) is 9.88. The van der Waals surface area contributed by atoms with Gasteiger partial charge in [-0.25, -0.2) is 9.82 Å². The summed E-state index contributed by atoms with van der Waals surface area (Å²) in [5.41, 5.74) is 5.39. The van der Waals surface area contributed by atoms with E-state index in [1.54, 1.807) is 13.2 Å². The van der Waals surface area contributed by atoms with E-state index >= 15 is 0 Å². The van der Waals surface area contributed by atoms with Gasteiger partial charge in [-0.2, -0.15) is 0 Å². The lowest BCUT2D eigenvalue weighted by Gasteiger charge is -2.21. The number of benzene rings is 2. The van der Waals surface area contributed by atoms with Crippen LogP contribution >= 0.6 is 15.9 Å². The Kier molecular flexibility index (Phi) is 4.75. The predicted molar refractivity (Wildman–Crippen MR) is 81.0 cm³/mol. The molecule has 20 heavy (non-hydrogen) atoms. The number of methoxy groups -OCH3 is 1. The van der Waals surface area contributed by atoms with E-state index < -0.39 is 0 Å². The standard InChI is InChI=1S/C15H16BrFN2O/c1-9-4-3-5-11(14(9)16)15(19-18)12-8-10(17)6-7-13(12)20-2/h3-8,15,19H,18H2,1-2H3. The summed E-state index contributed by atoms with van der Waals surface area (Å²) in [4.78, 5) is 0. The molecule has 2 aromatic carbocycles. The number of ether oxygens (including phenoxy) is 1. The second kappa shape index (κ2) is 6.35. The number of nitrogens with two attached hydrogens (primary N) is 1. The molecule has 0 bridgehead atoms. The molecule has 2 rings (SSSR count). The highest BCUT2D eigenvalue weighted by atomic mass is 79.9. The molecule has 0 aliphatic heterocycles. The maximum Gasteiger partial charge on any atom is 0.124 e. The van der Waals surface area contributed by atoms with Crippen molar-refractivity contribution in [3.05, 3.63) is 63.4 Å². The van der Waals surface area contributed by atoms with Crippen molar-refractivity contribution in [2.75, 3.05) is 7.11 Å². The minimum atomic E-state index is -0.366. The Hall–Kier alpha value is -1.43. The minimum absolute atomic E-state index is 0.329. The Bertz CT molecular complexity index is 619. The zero-order valence-electron chi connectivity index (χ0n) is 11.3. The van der Waals surface area contributed by atoms with Crippen LogP contribution in [0.4, 0.5) is 4.39 Å². The van der Waals surface area contributed by atoms with Crippen LogP contribution in [0.1, 0.15) is 22.7 Å². The van der Waals surface area contributed by atoms with Crippen molar-refractivity contribution >= 4 is 15.9 Å². The summed E-state index contributed by atoms with van der Waals surface area (Å²) in [6.45, 7) is 1.99. The van der Waals surface area contributed by atoms with E-state index in [4.69, 9.17) is 10.6 Å². The monoisotopic (exact) mass is 338 g/mol. The van der Waals surface area contributed by atoms with Crippen LogP contribution in [0.2, 0.25) is 0 Å². The summed E-state index contributed by atoms with van der Waals surface area (Å²) in [7, 11) is 1.55. The molecule has 0 saturated heterocycles. The van der Waals surface area contributed by atoms with E-state index in [1.807, 2.05) is 25.1 Å². The van der Waals surface area contributed by atoms with Gasteiger partial charge in [0, 0.05) is 10.0 Å². The first kappa shape index (κ1) is 15.0. The SMILES string of the molecule is COc1ccc(F)cc1C(NN)c1cccc(C)c1Br. The largest absolute Gasteiger partial charge is 0.496 e. The van der Waals surface area contributed by atoms with E-state index in [1.165, 1.54) is 12.1 Å². The Morgan fingerprint density at radius 2 is 2.00 bits per heavy atom. The molecule has 2 aromatic rings. The molecule has 0 heterocycles. The van der Waals surface area contributed by atoms with Crippen molar-refractivity contribution in [1.29, 1.82) is 0 Å². The molecular formula is C15H16BrFN2O. The predicted octanol–water partition coefficient (Wildman–Crippen LogP) is 3.46. The van der Waals surface area contributed by atoms with E-state index in [-0.39, 0.29) is 11.9 Å². The fourth-order valence-corrected chi connectivity index (χ4v) is 2.66. The van der Waals surface area contributed by atoms with Crippen LogP contribution < -0.4 is 16.0 Å². The Labute approximate surface area is 126 Å².